The van der Waals surface area contributed by atoms with Crippen LogP contribution in [0.2, 0.25) is 0 Å². The van der Waals surface area contributed by atoms with Crippen LogP contribution < -0.4 is 24.4 Å². The van der Waals surface area contributed by atoms with Crippen molar-refractivity contribution >= 4 is 50.1 Å². The Labute approximate surface area is 260 Å². The average molecular weight is 656 g/mol. The molecule has 9 heteroatoms. The summed E-state index contributed by atoms with van der Waals surface area (Å²) in [5, 5.41) is 2.28. The van der Waals surface area contributed by atoms with Crippen molar-refractivity contribution < 1.29 is 19.0 Å². The van der Waals surface area contributed by atoms with Crippen LogP contribution in [0.1, 0.15) is 29.7 Å². The highest BCUT2D eigenvalue weighted by Crippen LogP contribution is 2.38. The molecule has 1 aliphatic rings. The van der Waals surface area contributed by atoms with E-state index in [2.05, 4.69) is 39.1 Å². The number of aromatic nitrogens is 1. The molecule has 4 aromatic carbocycles. The van der Waals surface area contributed by atoms with E-state index in [9.17, 15) is 9.59 Å². The molecule has 0 radical (unpaired) electrons. The molecule has 43 heavy (non-hydrogen) atoms. The maximum Gasteiger partial charge on any atom is 0.338 e. The maximum atomic E-state index is 13.9. The van der Waals surface area contributed by atoms with Crippen molar-refractivity contribution in [2.75, 3.05) is 14.2 Å². The van der Waals surface area contributed by atoms with E-state index in [-0.39, 0.29) is 5.56 Å². The van der Waals surface area contributed by atoms with Crippen molar-refractivity contribution in [1.29, 1.82) is 0 Å². The largest absolute Gasteiger partial charge is 0.493 e. The summed E-state index contributed by atoms with van der Waals surface area (Å²) in [6, 6.07) is 26.8. The molecule has 0 unspecified atom stereocenters. The van der Waals surface area contributed by atoms with Gasteiger partial charge in [-0.1, -0.05) is 84.1 Å². The smallest absolute Gasteiger partial charge is 0.338 e. The Morgan fingerprint density at radius 3 is 2.53 bits per heavy atom. The van der Waals surface area contributed by atoms with Gasteiger partial charge < -0.3 is 14.2 Å². The van der Waals surface area contributed by atoms with Gasteiger partial charge in [0.15, 0.2) is 16.3 Å². The van der Waals surface area contributed by atoms with Crippen LogP contribution in [-0.4, -0.2) is 24.8 Å². The maximum absolute atomic E-state index is 13.9. The molecule has 1 aromatic heterocycles. The molecule has 0 saturated carbocycles. The Morgan fingerprint density at radius 1 is 1.02 bits per heavy atom. The molecular formula is C34H27BrN2O5S. The lowest BCUT2D eigenvalue weighted by molar-refractivity contribution is -0.136. The van der Waals surface area contributed by atoms with Crippen molar-refractivity contribution in [1.82, 2.24) is 4.57 Å². The van der Waals surface area contributed by atoms with Gasteiger partial charge in [0.2, 0.25) is 0 Å². The number of thiazole rings is 1. The first-order chi connectivity index (χ1) is 20.9. The summed E-state index contributed by atoms with van der Waals surface area (Å²) < 4.78 is 19.8. The monoisotopic (exact) mass is 654 g/mol. The lowest BCUT2D eigenvalue weighted by Gasteiger charge is -2.24. The molecule has 7 nitrogen and oxygen atoms in total. The number of esters is 1. The third kappa shape index (κ3) is 5.42. The van der Waals surface area contributed by atoms with Crippen LogP contribution in [0.4, 0.5) is 0 Å². The number of hydrogen-bond acceptors (Lipinski definition) is 7. The highest BCUT2D eigenvalue weighted by molar-refractivity contribution is 9.10. The van der Waals surface area contributed by atoms with Crippen LogP contribution in [-0.2, 0) is 16.1 Å². The topological polar surface area (TPSA) is 79.1 Å². The predicted molar refractivity (Wildman–Crippen MR) is 171 cm³/mol. The number of ether oxygens (including phenoxy) is 3. The molecule has 1 atom stereocenters. The second-order valence-electron chi connectivity index (χ2n) is 9.95. The number of hydrogen-bond donors (Lipinski definition) is 0. The van der Waals surface area contributed by atoms with E-state index in [1.54, 1.807) is 24.7 Å². The minimum atomic E-state index is -0.654. The quantitative estimate of drug-likeness (QED) is 0.204. The molecule has 216 valence electrons. The van der Waals surface area contributed by atoms with Gasteiger partial charge in [0.1, 0.15) is 6.61 Å². The molecule has 0 N–H and O–H groups in total. The zero-order valence-electron chi connectivity index (χ0n) is 23.7. The number of halogens is 1. The Kier molecular flexibility index (Phi) is 8.01. The highest BCUT2D eigenvalue weighted by atomic mass is 79.9. The fourth-order valence-corrected chi connectivity index (χ4v) is 6.95. The van der Waals surface area contributed by atoms with Crippen LogP contribution in [0.3, 0.4) is 0 Å². The summed E-state index contributed by atoms with van der Waals surface area (Å²) >= 11 is 4.92. The zero-order chi connectivity index (χ0) is 30.1. The summed E-state index contributed by atoms with van der Waals surface area (Å²) in [4.78, 5) is 31.8. The molecule has 1 aliphatic heterocycles. The van der Waals surface area contributed by atoms with Crippen molar-refractivity contribution in [3.63, 3.8) is 0 Å². The van der Waals surface area contributed by atoms with Crippen LogP contribution >= 0.6 is 27.3 Å². The molecule has 6 rings (SSSR count). The van der Waals surface area contributed by atoms with Gasteiger partial charge in [-0.05, 0) is 68.5 Å². The predicted octanol–water partition coefficient (Wildman–Crippen LogP) is 5.91. The zero-order valence-corrected chi connectivity index (χ0v) is 26.1. The van der Waals surface area contributed by atoms with Gasteiger partial charge in [-0.3, -0.25) is 9.36 Å². The highest BCUT2D eigenvalue weighted by Gasteiger charge is 2.33. The third-order valence-corrected chi connectivity index (χ3v) is 8.92. The number of benzene rings is 4. The molecule has 0 bridgehead atoms. The molecule has 5 aromatic rings. The summed E-state index contributed by atoms with van der Waals surface area (Å²) in [5.41, 5.74) is 3.20. The van der Waals surface area contributed by atoms with E-state index < -0.39 is 12.0 Å². The van der Waals surface area contributed by atoms with E-state index in [0.29, 0.717) is 43.2 Å². The molecule has 2 heterocycles. The van der Waals surface area contributed by atoms with Crippen molar-refractivity contribution in [2.45, 2.75) is 19.6 Å². The molecule has 0 spiro atoms. The third-order valence-electron chi connectivity index (χ3n) is 7.34. The summed E-state index contributed by atoms with van der Waals surface area (Å²) in [5.74, 6) is 0.577. The van der Waals surface area contributed by atoms with E-state index in [0.717, 1.165) is 27.5 Å². The number of carbonyl (C=O) groups excluding carboxylic acids is 1. The van der Waals surface area contributed by atoms with Crippen LogP contribution in [0.5, 0.6) is 11.5 Å². The molecular weight excluding hydrogens is 628 g/mol. The first-order valence-electron chi connectivity index (χ1n) is 13.5. The number of carbonyl (C=O) groups is 1. The first-order valence-corrected chi connectivity index (χ1v) is 15.1. The van der Waals surface area contributed by atoms with Gasteiger partial charge in [-0.25, -0.2) is 9.79 Å². The van der Waals surface area contributed by atoms with Crippen LogP contribution in [0, 0.1) is 0 Å². The van der Waals surface area contributed by atoms with E-state index in [4.69, 9.17) is 14.2 Å². The number of fused-ring (bicyclic) bond motifs is 2. The van der Waals surface area contributed by atoms with E-state index >= 15 is 0 Å². The Hall–Kier alpha value is -4.47. The minimum absolute atomic E-state index is 0.252. The number of nitrogens with zero attached hydrogens (tertiary/aromatic N) is 2. The van der Waals surface area contributed by atoms with Gasteiger partial charge in [-0.15, -0.1) is 0 Å². The number of allylic oxidation sites excluding steroid dienone is 1. The average Bonchev–Trinajstić information content (AvgIpc) is 3.33. The molecule has 0 amide bonds. The fourth-order valence-electron chi connectivity index (χ4n) is 5.33. The van der Waals surface area contributed by atoms with Gasteiger partial charge in [0.25, 0.3) is 5.56 Å². The Morgan fingerprint density at radius 2 is 1.77 bits per heavy atom. The molecule has 0 aliphatic carbocycles. The van der Waals surface area contributed by atoms with Gasteiger partial charge >= 0.3 is 5.97 Å². The molecule has 0 saturated heterocycles. The normalized spacial score (nSPS) is 14.8. The summed E-state index contributed by atoms with van der Waals surface area (Å²) in [7, 11) is 2.91. The van der Waals surface area contributed by atoms with E-state index in [1.807, 2.05) is 66.7 Å². The Bertz CT molecular complexity index is 2080. The number of methoxy groups -OCH3 is 2. The van der Waals surface area contributed by atoms with E-state index in [1.165, 1.54) is 18.4 Å². The standard InChI is InChI=1S/C34H27BrN2O5S/c1-20-29(33(39)41-3)30(23-11-5-4-6-12-23)37-32(38)28(43-34(37)36-20)18-21-16-26(35)31(27(17-21)40-2)42-19-24-14-9-13-22-10-7-8-15-25(22)24/h4-18,30H,19H2,1-3H3/b28-18-/t30-/m1/s1. The second-order valence-corrected chi connectivity index (χ2v) is 11.8. The SMILES string of the molecule is COC(=O)C1=C(C)N=c2s/c(=C\c3cc(Br)c(OCc4cccc5ccccc45)c(OC)c3)c(=O)n2[C@@H]1c1ccccc1. The lowest BCUT2D eigenvalue weighted by Crippen LogP contribution is -2.39. The summed E-state index contributed by atoms with van der Waals surface area (Å²) in [6.07, 6.45) is 1.80. The van der Waals surface area contributed by atoms with Crippen molar-refractivity contribution in [2.24, 2.45) is 4.99 Å². The first kappa shape index (κ1) is 28.6. The number of rotatable bonds is 7. The Balaban J connectivity index is 1.39. The van der Waals surface area contributed by atoms with Gasteiger partial charge in [0.05, 0.1) is 40.5 Å². The van der Waals surface area contributed by atoms with Crippen LogP contribution in [0.15, 0.2) is 110 Å². The fraction of sp³-hybridized carbons (Fsp3) is 0.147. The van der Waals surface area contributed by atoms with Crippen LogP contribution in [0.25, 0.3) is 16.8 Å². The molecule has 0 fully saturated rings. The summed E-state index contributed by atoms with van der Waals surface area (Å²) in [6.45, 7) is 2.12. The minimum Gasteiger partial charge on any atom is -0.493 e. The van der Waals surface area contributed by atoms with Crippen molar-refractivity contribution in [3.05, 3.63) is 137 Å². The van der Waals surface area contributed by atoms with Gasteiger partial charge in [0, 0.05) is 0 Å². The second kappa shape index (κ2) is 12.0. The lowest BCUT2D eigenvalue weighted by atomic mass is 9.96. The van der Waals surface area contributed by atoms with Gasteiger partial charge in [-0.2, -0.15) is 0 Å². The van der Waals surface area contributed by atoms with Crippen molar-refractivity contribution in [3.8, 4) is 11.5 Å².